The lowest BCUT2D eigenvalue weighted by Gasteiger charge is -2.10. The third-order valence-electron chi connectivity index (χ3n) is 2.66. The molecule has 1 heterocycles. The van der Waals surface area contributed by atoms with Crippen molar-refractivity contribution >= 4 is 44.5 Å². The molecule has 1 amide bonds. The first-order chi connectivity index (χ1) is 9.02. The minimum absolute atomic E-state index is 0.212. The van der Waals surface area contributed by atoms with Gasteiger partial charge in [0, 0.05) is 10.2 Å². The molecule has 0 spiro atoms. The van der Waals surface area contributed by atoms with E-state index in [1.807, 2.05) is 18.4 Å². The summed E-state index contributed by atoms with van der Waals surface area (Å²) in [5, 5.41) is 4.63. The molecule has 100 valence electrons. The number of benzene rings is 1. The number of amides is 1. The van der Waals surface area contributed by atoms with Crippen molar-refractivity contribution in [3.8, 4) is 5.75 Å². The summed E-state index contributed by atoms with van der Waals surface area (Å²) in [7, 11) is 1.54. The topological polar surface area (TPSA) is 64.3 Å². The number of carbonyl (C=O) groups is 1. The van der Waals surface area contributed by atoms with Crippen molar-refractivity contribution in [1.29, 1.82) is 0 Å². The van der Waals surface area contributed by atoms with Gasteiger partial charge in [0.05, 0.1) is 12.8 Å². The molecule has 0 aliphatic rings. The van der Waals surface area contributed by atoms with Crippen molar-refractivity contribution in [2.45, 2.75) is 6.92 Å². The van der Waals surface area contributed by atoms with Crippen molar-refractivity contribution in [1.82, 2.24) is 0 Å². The van der Waals surface area contributed by atoms with Gasteiger partial charge in [-0.2, -0.15) is 0 Å². The molecular weight excluding hydrogens is 328 g/mol. The quantitative estimate of drug-likeness (QED) is 0.838. The van der Waals surface area contributed by atoms with Crippen LogP contribution in [-0.4, -0.2) is 13.0 Å². The summed E-state index contributed by atoms with van der Waals surface area (Å²) in [5.41, 5.74) is 8.08. The van der Waals surface area contributed by atoms with E-state index < -0.39 is 0 Å². The molecule has 0 aliphatic heterocycles. The Labute approximate surface area is 123 Å². The molecule has 0 atom stereocenters. The van der Waals surface area contributed by atoms with Gasteiger partial charge in [-0.3, -0.25) is 4.79 Å². The summed E-state index contributed by atoms with van der Waals surface area (Å²) < 4.78 is 5.92. The number of nitrogens with two attached hydrogens (primary N) is 1. The summed E-state index contributed by atoms with van der Waals surface area (Å²) in [5.74, 6) is 0.356. The Balaban J connectivity index is 2.27. The molecule has 3 N–H and O–H groups in total. The molecular formula is C13H13BrN2O2S. The number of hydrogen-bond acceptors (Lipinski definition) is 4. The molecule has 0 unspecified atom stereocenters. The number of thiophene rings is 1. The molecule has 2 aromatic rings. The molecule has 0 aliphatic carbocycles. The SMILES string of the molecule is COc1ccsc1C(=O)Nc1cc(N)c(C)cc1Br. The van der Waals surface area contributed by atoms with Crippen LogP contribution in [0.25, 0.3) is 0 Å². The minimum Gasteiger partial charge on any atom is -0.495 e. The zero-order valence-electron chi connectivity index (χ0n) is 10.5. The predicted molar refractivity (Wildman–Crippen MR) is 82.1 cm³/mol. The molecule has 19 heavy (non-hydrogen) atoms. The summed E-state index contributed by atoms with van der Waals surface area (Å²) >= 11 is 4.74. The fourth-order valence-electron chi connectivity index (χ4n) is 1.59. The highest BCUT2D eigenvalue weighted by molar-refractivity contribution is 9.10. The first kappa shape index (κ1) is 13.9. The van der Waals surface area contributed by atoms with Gasteiger partial charge in [-0.15, -0.1) is 11.3 Å². The number of nitrogen functional groups attached to an aromatic ring is 1. The van der Waals surface area contributed by atoms with Gasteiger partial charge >= 0.3 is 0 Å². The number of halogens is 1. The largest absolute Gasteiger partial charge is 0.495 e. The molecule has 0 radical (unpaired) electrons. The molecule has 2 rings (SSSR count). The van der Waals surface area contributed by atoms with Crippen molar-refractivity contribution in [3.63, 3.8) is 0 Å². The average molecular weight is 341 g/mol. The Morgan fingerprint density at radius 2 is 2.21 bits per heavy atom. The Bertz CT molecular complexity index is 625. The van der Waals surface area contributed by atoms with Gasteiger partial charge in [0.15, 0.2) is 0 Å². The summed E-state index contributed by atoms with van der Waals surface area (Å²) in [6, 6.07) is 5.37. The predicted octanol–water partition coefficient (Wildman–Crippen LogP) is 3.66. The van der Waals surface area contributed by atoms with Crippen LogP contribution >= 0.6 is 27.3 Å². The van der Waals surface area contributed by atoms with Gasteiger partial charge in [-0.25, -0.2) is 0 Å². The molecule has 6 heteroatoms. The fraction of sp³-hybridized carbons (Fsp3) is 0.154. The molecule has 0 fully saturated rings. The van der Waals surface area contributed by atoms with Crippen LogP contribution < -0.4 is 15.8 Å². The lowest BCUT2D eigenvalue weighted by molar-refractivity contribution is 0.102. The van der Waals surface area contributed by atoms with Gasteiger partial charge < -0.3 is 15.8 Å². The van der Waals surface area contributed by atoms with Gasteiger partial charge in [0.2, 0.25) is 0 Å². The van der Waals surface area contributed by atoms with Crippen molar-refractivity contribution in [2.24, 2.45) is 0 Å². The number of hydrogen-bond donors (Lipinski definition) is 2. The van der Waals surface area contributed by atoms with Gasteiger partial charge in [-0.1, -0.05) is 0 Å². The van der Waals surface area contributed by atoms with Crippen LogP contribution in [0.2, 0.25) is 0 Å². The number of aryl methyl sites for hydroxylation is 1. The second kappa shape index (κ2) is 5.63. The van der Waals surface area contributed by atoms with Crippen LogP contribution in [0.15, 0.2) is 28.1 Å². The fourth-order valence-corrected chi connectivity index (χ4v) is 2.90. The maximum Gasteiger partial charge on any atom is 0.269 e. The Morgan fingerprint density at radius 3 is 2.89 bits per heavy atom. The highest BCUT2D eigenvalue weighted by Gasteiger charge is 2.15. The number of nitrogens with one attached hydrogen (secondary N) is 1. The summed E-state index contributed by atoms with van der Waals surface area (Å²) in [6.07, 6.45) is 0. The second-order valence-corrected chi connectivity index (χ2v) is 5.73. The van der Waals surface area contributed by atoms with Crippen LogP contribution in [0.3, 0.4) is 0 Å². The summed E-state index contributed by atoms with van der Waals surface area (Å²) in [6.45, 7) is 1.91. The molecule has 1 aromatic carbocycles. The number of ether oxygens (including phenoxy) is 1. The van der Waals surface area contributed by atoms with Crippen molar-refractivity contribution < 1.29 is 9.53 Å². The summed E-state index contributed by atoms with van der Waals surface area (Å²) in [4.78, 5) is 12.7. The first-order valence-corrected chi connectivity index (χ1v) is 7.18. The van der Waals surface area contributed by atoms with Crippen LogP contribution in [0, 0.1) is 6.92 Å². The van der Waals surface area contributed by atoms with E-state index in [4.69, 9.17) is 10.5 Å². The Morgan fingerprint density at radius 1 is 1.47 bits per heavy atom. The van der Waals surface area contributed by atoms with Crippen molar-refractivity contribution in [3.05, 3.63) is 38.5 Å². The minimum atomic E-state index is -0.212. The van der Waals surface area contributed by atoms with Crippen molar-refractivity contribution in [2.75, 3.05) is 18.2 Å². The van der Waals surface area contributed by atoms with E-state index in [9.17, 15) is 4.79 Å². The highest BCUT2D eigenvalue weighted by atomic mass is 79.9. The lowest BCUT2D eigenvalue weighted by Crippen LogP contribution is -2.12. The zero-order chi connectivity index (χ0) is 14.0. The van der Waals surface area contributed by atoms with E-state index in [0.29, 0.717) is 22.0 Å². The first-order valence-electron chi connectivity index (χ1n) is 5.51. The molecule has 1 aromatic heterocycles. The third kappa shape index (κ3) is 2.90. The number of anilines is 2. The Kier molecular flexibility index (Phi) is 4.11. The third-order valence-corrected chi connectivity index (χ3v) is 4.21. The van der Waals surface area contributed by atoms with E-state index in [0.717, 1.165) is 10.0 Å². The Hall–Kier alpha value is -1.53. The van der Waals surface area contributed by atoms with E-state index in [1.165, 1.54) is 11.3 Å². The maximum absolute atomic E-state index is 12.2. The van der Waals surface area contributed by atoms with Crippen LogP contribution in [-0.2, 0) is 0 Å². The average Bonchev–Trinajstić information content (AvgIpc) is 2.84. The van der Waals surface area contributed by atoms with Gasteiger partial charge in [-0.05, 0) is 52.0 Å². The smallest absolute Gasteiger partial charge is 0.269 e. The van der Waals surface area contributed by atoms with Crippen LogP contribution in [0.4, 0.5) is 11.4 Å². The normalized spacial score (nSPS) is 10.3. The van der Waals surface area contributed by atoms with Gasteiger partial charge in [0.1, 0.15) is 10.6 Å². The highest BCUT2D eigenvalue weighted by Crippen LogP contribution is 2.30. The van der Waals surface area contributed by atoms with Crippen LogP contribution in [0.5, 0.6) is 5.75 Å². The molecule has 0 saturated carbocycles. The lowest BCUT2D eigenvalue weighted by atomic mass is 10.2. The van der Waals surface area contributed by atoms with E-state index in [1.54, 1.807) is 19.2 Å². The molecule has 0 bridgehead atoms. The monoisotopic (exact) mass is 340 g/mol. The maximum atomic E-state index is 12.2. The standard InChI is InChI=1S/C13H13BrN2O2S/c1-7-5-8(14)10(6-9(7)15)16-13(17)12-11(18-2)3-4-19-12/h3-6H,15H2,1-2H3,(H,16,17). The molecule has 4 nitrogen and oxygen atoms in total. The van der Waals surface area contributed by atoms with E-state index in [-0.39, 0.29) is 5.91 Å². The van der Waals surface area contributed by atoms with E-state index in [2.05, 4.69) is 21.2 Å². The molecule has 0 saturated heterocycles. The number of rotatable bonds is 3. The number of methoxy groups -OCH3 is 1. The second-order valence-electron chi connectivity index (χ2n) is 3.96. The van der Waals surface area contributed by atoms with Gasteiger partial charge in [0.25, 0.3) is 5.91 Å². The van der Waals surface area contributed by atoms with E-state index >= 15 is 0 Å². The van der Waals surface area contributed by atoms with Crippen LogP contribution in [0.1, 0.15) is 15.2 Å². The number of carbonyl (C=O) groups excluding carboxylic acids is 1. The zero-order valence-corrected chi connectivity index (χ0v) is 12.9.